The van der Waals surface area contributed by atoms with Gasteiger partial charge in [0.2, 0.25) is 11.8 Å². The van der Waals surface area contributed by atoms with Crippen LogP contribution in [-0.2, 0) is 19.1 Å². The minimum atomic E-state index is -1.32. The molecule has 0 bridgehead atoms. The molecule has 2 aromatic rings. The molecule has 2 aromatic carbocycles. The Labute approximate surface area is 228 Å². The summed E-state index contributed by atoms with van der Waals surface area (Å²) in [5.41, 5.74) is 6.38. The van der Waals surface area contributed by atoms with E-state index in [0.29, 0.717) is 22.7 Å². The molecule has 0 heterocycles. The van der Waals surface area contributed by atoms with Gasteiger partial charge in [0.05, 0.1) is 17.1 Å². The van der Waals surface area contributed by atoms with Gasteiger partial charge in [-0.05, 0) is 57.2 Å². The number of nitrogens with one attached hydrogen (secondary N) is 2. The van der Waals surface area contributed by atoms with Crippen molar-refractivity contribution in [3.05, 3.63) is 64.7 Å². The van der Waals surface area contributed by atoms with Crippen molar-refractivity contribution in [3.63, 3.8) is 0 Å². The van der Waals surface area contributed by atoms with E-state index in [-0.39, 0.29) is 12.0 Å². The Morgan fingerprint density at radius 1 is 1.11 bits per heavy atom. The summed E-state index contributed by atoms with van der Waals surface area (Å²) in [6, 6.07) is 11.4. The van der Waals surface area contributed by atoms with Gasteiger partial charge in [0.25, 0.3) is 5.91 Å². The van der Waals surface area contributed by atoms with Crippen LogP contribution < -0.4 is 16.4 Å². The zero-order chi connectivity index (χ0) is 28.2. The molecule has 0 aromatic heterocycles. The molecule has 4 atom stereocenters. The number of rotatable bonds is 9. The second kappa shape index (κ2) is 11.9. The lowest BCUT2D eigenvalue weighted by atomic mass is 10.0. The van der Waals surface area contributed by atoms with Gasteiger partial charge in [0.1, 0.15) is 17.7 Å². The SMILES string of the molecule is Cc1cccc(Cl)c1NC(=O)C(c1ccccc1)N(C(=O)C(CC(N)=O)NC(=O)OC(C)(C)C)C1CC1C. The van der Waals surface area contributed by atoms with Gasteiger partial charge >= 0.3 is 6.09 Å². The number of carbonyl (C=O) groups excluding carboxylic acids is 4. The first-order valence-corrected chi connectivity index (χ1v) is 12.9. The number of ether oxygens (including phenoxy) is 1. The molecule has 0 spiro atoms. The fourth-order valence-electron chi connectivity index (χ4n) is 4.26. The maximum atomic E-state index is 14.1. The number of hydrogen-bond donors (Lipinski definition) is 3. The number of alkyl carbamates (subject to hydrolysis) is 1. The van der Waals surface area contributed by atoms with Crippen molar-refractivity contribution in [2.75, 3.05) is 5.32 Å². The second-order valence-corrected chi connectivity index (χ2v) is 11.0. The van der Waals surface area contributed by atoms with Gasteiger partial charge < -0.3 is 26.0 Å². The van der Waals surface area contributed by atoms with E-state index in [4.69, 9.17) is 22.1 Å². The second-order valence-electron chi connectivity index (χ2n) is 10.6. The summed E-state index contributed by atoms with van der Waals surface area (Å²) in [7, 11) is 0. The molecule has 1 aliphatic carbocycles. The molecule has 3 rings (SSSR count). The average molecular weight is 543 g/mol. The van der Waals surface area contributed by atoms with E-state index >= 15 is 0 Å². The van der Waals surface area contributed by atoms with Crippen LogP contribution in [0.2, 0.25) is 5.02 Å². The molecule has 204 valence electrons. The third-order valence-corrected chi connectivity index (χ3v) is 6.50. The number of halogens is 1. The molecule has 4 unspecified atom stereocenters. The van der Waals surface area contributed by atoms with Crippen molar-refractivity contribution in [2.24, 2.45) is 11.7 Å². The van der Waals surface area contributed by atoms with Crippen molar-refractivity contribution in [1.82, 2.24) is 10.2 Å². The van der Waals surface area contributed by atoms with Crippen LogP contribution in [-0.4, -0.2) is 46.4 Å². The molecule has 0 aliphatic heterocycles. The van der Waals surface area contributed by atoms with Crippen LogP contribution in [0.25, 0.3) is 0 Å². The molecule has 1 fully saturated rings. The van der Waals surface area contributed by atoms with E-state index < -0.39 is 47.9 Å². The number of carbonyl (C=O) groups is 4. The van der Waals surface area contributed by atoms with Gasteiger partial charge in [-0.3, -0.25) is 14.4 Å². The first kappa shape index (κ1) is 29.0. The Morgan fingerprint density at radius 2 is 1.74 bits per heavy atom. The van der Waals surface area contributed by atoms with Crippen molar-refractivity contribution in [1.29, 1.82) is 0 Å². The zero-order valence-electron chi connectivity index (χ0n) is 22.3. The van der Waals surface area contributed by atoms with Crippen LogP contribution in [0, 0.1) is 12.8 Å². The van der Waals surface area contributed by atoms with Crippen LogP contribution in [0.5, 0.6) is 0 Å². The number of anilines is 1. The Morgan fingerprint density at radius 3 is 2.26 bits per heavy atom. The fraction of sp³-hybridized carbons (Fsp3) is 0.429. The minimum absolute atomic E-state index is 0.107. The number of amides is 4. The maximum Gasteiger partial charge on any atom is 0.408 e. The maximum absolute atomic E-state index is 14.1. The summed E-state index contributed by atoms with van der Waals surface area (Å²) in [6.45, 7) is 8.83. The highest BCUT2D eigenvalue weighted by Crippen LogP contribution is 2.41. The summed E-state index contributed by atoms with van der Waals surface area (Å²) in [6.07, 6.45) is -0.667. The fourth-order valence-corrected chi connectivity index (χ4v) is 4.53. The zero-order valence-corrected chi connectivity index (χ0v) is 23.0. The topological polar surface area (TPSA) is 131 Å². The molecular weight excluding hydrogens is 508 g/mol. The van der Waals surface area contributed by atoms with Crippen LogP contribution in [0.15, 0.2) is 48.5 Å². The molecule has 0 saturated heterocycles. The Bertz CT molecular complexity index is 1180. The van der Waals surface area contributed by atoms with Crippen molar-refractivity contribution in [3.8, 4) is 0 Å². The largest absolute Gasteiger partial charge is 0.444 e. The summed E-state index contributed by atoms with van der Waals surface area (Å²) in [5.74, 6) is -1.76. The number of benzene rings is 2. The molecule has 38 heavy (non-hydrogen) atoms. The summed E-state index contributed by atoms with van der Waals surface area (Å²) < 4.78 is 5.31. The lowest BCUT2D eigenvalue weighted by Gasteiger charge is -2.35. The molecule has 1 saturated carbocycles. The highest BCUT2D eigenvalue weighted by molar-refractivity contribution is 6.34. The highest BCUT2D eigenvalue weighted by atomic mass is 35.5. The van der Waals surface area contributed by atoms with E-state index in [2.05, 4.69) is 10.6 Å². The number of hydrogen-bond acceptors (Lipinski definition) is 5. The first-order chi connectivity index (χ1) is 17.8. The van der Waals surface area contributed by atoms with E-state index in [1.54, 1.807) is 57.2 Å². The molecule has 4 amide bonds. The van der Waals surface area contributed by atoms with Gasteiger partial charge in [-0.1, -0.05) is 61.0 Å². The first-order valence-electron chi connectivity index (χ1n) is 12.5. The van der Waals surface area contributed by atoms with E-state index in [0.717, 1.165) is 5.56 Å². The number of nitrogens with two attached hydrogens (primary N) is 1. The van der Waals surface area contributed by atoms with E-state index in [9.17, 15) is 19.2 Å². The third-order valence-electron chi connectivity index (χ3n) is 6.19. The van der Waals surface area contributed by atoms with E-state index in [1.807, 2.05) is 26.0 Å². The summed E-state index contributed by atoms with van der Waals surface area (Å²) in [5, 5.41) is 5.74. The predicted molar refractivity (Wildman–Crippen MR) is 145 cm³/mol. The Hall–Kier alpha value is -3.59. The van der Waals surface area contributed by atoms with Gasteiger partial charge in [-0.2, -0.15) is 0 Å². The third kappa shape index (κ3) is 7.47. The van der Waals surface area contributed by atoms with Gasteiger partial charge in [0, 0.05) is 6.04 Å². The number of para-hydroxylation sites is 1. The Kier molecular flexibility index (Phi) is 9.04. The van der Waals surface area contributed by atoms with Crippen LogP contribution in [0.3, 0.4) is 0 Å². The van der Waals surface area contributed by atoms with Crippen molar-refractivity contribution < 1.29 is 23.9 Å². The number of aryl methyl sites for hydroxylation is 1. The monoisotopic (exact) mass is 542 g/mol. The number of nitrogens with zero attached hydrogens (tertiary/aromatic N) is 1. The molecule has 4 N–H and O–H groups in total. The van der Waals surface area contributed by atoms with Crippen molar-refractivity contribution in [2.45, 2.75) is 71.2 Å². The van der Waals surface area contributed by atoms with Crippen LogP contribution in [0.1, 0.15) is 57.7 Å². The molecular formula is C28H35ClN4O5. The Balaban J connectivity index is 2.03. The highest BCUT2D eigenvalue weighted by Gasteiger charge is 2.48. The predicted octanol–water partition coefficient (Wildman–Crippen LogP) is 4.33. The summed E-state index contributed by atoms with van der Waals surface area (Å²) in [4.78, 5) is 53.9. The lowest BCUT2D eigenvalue weighted by molar-refractivity contribution is -0.142. The number of primary amides is 1. The van der Waals surface area contributed by atoms with Gasteiger partial charge in [-0.15, -0.1) is 0 Å². The smallest absolute Gasteiger partial charge is 0.408 e. The standard InChI is InChI=1S/C28H35ClN4O5/c1-16-10-9-13-19(29)23(16)32-25(35)24(18-11-7-6-8-12-18)33(21-14-17(21)2)26(36)20(15-22(30)34)31-27(37)38-28(3,4)5/h6-13,17,20-21,24H,14-15H2,1-5H3,(H2,30,34)(H,31,37)(H,32,35). The molecule has 10 heteroatoms. The van der Waals surface area contributed by atoms with Crippen LogP contribution >= 0.6 is 11.6 Å². The average Bonchev–Trinajstić information content (AvgIpc) is 3.53. The quantitative estimate of drug-likeness (QED) is 0.434. The molecule has 1 aliphatic rings. The lowest BCUT2D eigenvalue weighted by Crippen LogP contribution is -2.54. The summed E-state index contributed by atoms with van der Waals surface area (Å²) >= 11 is 6.37. The normalized spacial score (nSPS) is 18.1. The van der Waals surface area contributed by atoms with Gasteiger partial charge in [0.15, 0.2) is 0 Å². The van der Waals surface area contributed by atoms with Crippen LogP contribution in [0.4, 0.5) is 10.5 Å². The minimum Gasteiger partial charge on any atom is -0.444 e. The van der Waals surface area contributed by atoms with Crippen molar-refractivity contribution >= 4 is 41.1 Å². The molecule has 9 nitrogen and oxygen atoms in total. The van der Waals surface area contributed by atoms with Gasteiger partial charge in [-0.25, -0.2) is 4.79 Å². The molecule has 0 radical (unpaired) electrons. The van der Waals surface area contributed by atoms with E-state index in [1.165, 1.54) is 4.90 Å².